The normalized spacial score (nSPS) is 11.4. The van der Waals surface area contributed by atoms with Gasteiger partial charge in [0.15, 0.2) is 0 Å². The molecule has 0 fully saturated rings. The van der Waals surface area contributed by atoms with Crippen LogP contribution in [0.1, 0.15) is 26.5 Å². The molecule has 1 rings (SSSR count). The number of hydrogen-bond acceptors (Lipinski definition) is 4. The van der Waals surface area contributed by atoms with E-state index in [1.165, 1.54) is 0 Å². The minimum Gasteiger partial charge on any atom is -0.484 e. The monoisotopic (exact) mass is 267 g/mol. The molecule has 0 spiro atoms. The van der Waals surface area contributed by atoms with Gasteiger partial charge in [-0.3, -0.25) is 4.98 Å². The summed E-state index contributed by atoms with van der Waals surface area (Å²) in [5, 5.41) is 0. The molecule has 0 aliphatic heterocycles. The van der Waals surface area contributed by atoms with Gasteiger partial charge < -0.3 is 9.47 Å². The summed E-state index contributed by atoms with van der Waals surface area (Å²) in [6, 6.07) is 2.00. The molecule has 0 radical (unpaired) electrons. The predicted octanol–water partition coefficient (Wildman–Crippen LogP) is 3.64. The molecule has 0 atom stereocenters. The number of hydrogen-bond donors (Lipinski definition) is 0. The lowest BCUT2D eigenvalue weighted by molar-refractivity contribution is 0.0176. The highest BCUT2D eigenvalue weighted by Crippen LogP contribution is 2.29. The summed E-state index contributed by atoms with van der Waals surface area (Å²) in [5.74, 6) is 0.756. The first-order valence-electron chi connectivity index (χ1n) is 5.77. The zero-order valence-corrected chi connectivity index (χ0v) is 12.6. The third kappa shape index (κ3) is 4.03. The molecule has 100 valence electrons. The Balaban J connectivity index is 2.96. The van der Waals surface area contributed by atoms with E-state index >= 15 is 0 Å². The average Bonchev–Trinajstić information content (AvgIpc) is 2.27. The lowest BCUT2D eigenvalue weighted by Gasteiger charge is -2.25. The van der Waals surface area contributed by atoms with Crippen molar-refractivity contribution in [3.63, 3.8) is 0 Å². The number of rotatable bonds is 6. The molecular formula is C14H21NO2S. The van der Waals surface area contributed by atoms with E-state index in [9.17, 15) is 0 Å². The third-order valence-electron chi connectivity index (χ3n) is 2.34. The Morgan fingerprint density at radius 3 is 2.67 bits per heavy atom. The van der Waals surface area contributed by atoms with Crippen molar-refractivity contribution < 1.29 is 9.47 Å². The summed E-state index contributed by atoms with van der Waals surface area (Å²) in [7, 11) is 1.67. The Morgan fingerprint density at radius 2 is 2.17 bits per heavy atom. The average molecular weight is 267 g/mol. The minimum absolute atomic E-state index is 0.364. The van der Waals surface area contributed by atoms with Gasteiger partial charge in [0.25, 0.3) is 0 Å². The van der Waals surface area contributed by atoms with E-state index in [0.29, 0.717) is 6.61 Å². The zero-order chi connectivity index (χ0) is 13.8. The molecule has 0 aliphatic rings. The molecule has 0 aromatic carbocycles. The van der Waals surface area contributed by atoms with E-state index in [1.54, 1.807) is 25.1 Å². The van der Waals surface area contributed by atoms with Gasteiger partial charge in [0, 0.05) is 12.0 Å². The van der Waals surface area contributed by atoms with Crippen LogP contribution in [0.3, 0.4) is 0 Å². The van der Waals surface area contributed by atoms with Gasteiger partial charge in [-0.15, -0.1) is 11.8 Å². The molecule has 1 aromatic rings. The Bertz CT molecular complexity index is 430. The lowest BCUT2D eigenvalue weighted by atomic mass is 10.1. The maximum atomic E-state index is 5.89. The van der Waals surface area contributed by atoms with Crippen LogP contribution in [0.15, 0.2) is 23.7 Å². The van der Waals surface area contributed by atoms with Crippen LogP contribution in [0.2, 0.25) is 0 Å². The smallest absolute Gasteiger partial charge is 0.139 e. The largest absolute Gasteiger partial charge is 0.484 e. The van der Waals surface area contributed by atoms with Crippen molar-refractivity contribution >= 4 is 17.3 Å². The standard InChI is InChI=1S/C14H21NO2S/c1-10(2)13-12(18-6)7-11(8-15-13)17-14(3,4)9-16-5/h7-8H,1,9H2,2-6H3. The van der Waals surface area contributed by atoms with Gasteiger partial charge >= 0.3 is 0 Å². The molecule has 0 N–H and O–H groups in total. The second-order valence-electron chi connectivity index (χ2n) is 4.80. The maximum absolute atomic E-state index is 5.89. The summed E-state index contributed by atoms with van der Waals surface area (Å²) in [4.78, 5) is 5.48. The first-order chi connectivity index (χ1) is 8.39. The van der Waals surface area contributed by atoms with Gasteiger partial charge in [-0.2, -0.15) is 0 Å². The molecule has 0 aliphatic carbocycles. The Kier molecular flexibility index (Phi) is 5.23. The quantitative estimate of drug-likeness (QED) is 0.736. The van der Waals surface area contributed by atoms with Gasteiger partial charge in [0.2, 0.25) is 0 Å². The summed E-state index contributed by atoms with van der Waals surface area (Å²) < 4.78 is 11.0. The zero-order valence-electron chi connectivity index (χ0n) is 11.7. The van der Waals surface area contributed by atoms with Crippen molar-refractivity contribution in [3.05, 3.63) is 24.5 Å². The molecular weight excluding hydrogens is 246 g/mol. The molecule has 0 saturated heterocycles. The van der Waals surface area contributed by atoms with Crippen LogP contribution in [-0.2, 0) is 4.74 Å². The summed E-state index contributed by atoms with van der Waals surface area (Å²) >= 11 is 1.64. The molecule has 0 unspecified atom stereocenters. The number of methoxy groups -OCH3 is 1. The molecule has 1 heterocycles. The van der Waals surface area contributed by atoms with Gasteiger partial charge in [-0.1, -0.05) is 6.58 Å². The number of ether oxygens (including phenoxy) is 2. The second kappa shape index (κ2) is 6.25. The highest BCUT2D eigenvalue weighted by atomic mass is 32.2. The van der Waals surface area contributed by atoms with Crippen molar-refractivity contribution in [3.8, 4) is 5.75 Å². The van der Waals surface area contributed by atoms with Gasteiger partial charge in [-0.05, 0) is 38.7 Å². The Morgan fingerprint density at radius 1 is 1.50 bits per heavy atom. The first-order valence-corrected chi connectivity index (χ1v) is 7.00. The number of allylic oxidation sites excluding steroid dienone is 1. The Labute approximate surface area is 114 Å². The van der Waals surface area contributed by atoms with E-state index in [0.717, 1.165) is 21.9 Å². The molecule has 4 heteroatoms. The van der Waals surface area contributed by atoms with Crippen LogP contribution >= 0.6 is 11.8 Å². The summed E-state index contributed by atoms with van der Waals surface area (Å²) in [6.07, 6.45) is 3.76. The van der Waals surface area contributed by atoms with E-state index in [4.69, 9.17) is 9.47 Å². The van der Waals surface area contributed by atoms with Crippen molar-refractivity contribution in [1.29, 1.82) is 0 Å². The molecule has 18 heavy (non-hydrogen) atoms. The van der Waals surface area contributed by atoms with Gasteiger partial charge in [-0.25, -0.2) is 0 Å². The molecule has 3 nitrogen and oxygen atoms in total. The minimum atomic E-state index is -0.364. The van der Waals surface area contributed by atoms with Crippen molar-refractivity contribution in [1.82, 2.24) is 4.98 Å². The maximum Gasteiger partial charge on any atom is 0.139 e. The lowest BCUT2D eigenvalue weighted by Crippen LogP contribution is -2.33. The fourth-order valence-electron chi connectivity index (χ4n) is 1.65. The van der Waals surface area contributed by atoms with Crippen LogP contribution in [0, 0.1) is 0 Å². The van der Waals surface area contributed by atoms with Gasteiger partial charge in [0.1, 0.15) is 11.4 Å². The van der Waals surface area contributed by atoms with E-state index in [1.807, 2.05) is 33.1 Å². The highest BCUT2D eigenvalue weighted by Gasteiger charge is 2.20. The van der Waals surface area contributed by atoms with E-state index in [-0.39, 0.29) is 5.60 Å². The highest BCUT2D eigenvalue weighted by molar-refractivity contribution is 7.98. The van der Waals surface area contributed by atoms with Crippen molar-refractivity contribution in [2.45, 2.75) is 31.3 Å². The molecule has 0 bridgehead atoms. The fraction of sp³-hybridized carbons (Fsp3) is 0.500. The SMILES string of the molecule is C=C(C)c1ncc(OC(C)(C)COC)cc1SC. The van der Waals surface area contributed by atoms with Crippen molar-refractivity contribution in [2.24, 2.45) is 0 Å². The topological polar surface area (TPSA) is 31.4 Å². The Hall–Kier alpha value is -1.00. The van der Waals surface area contributed by atoms with Crippen molar-refractivity contribution in [2.75, 3.05) is 20.0 Å². The van der Waals surface area contributed by atoms with E-state index < -0.39 is 0 Å². The molecule has 0 amide bonds. The number of thioether (sulfide) groups is 1. The number of nitrogens with zero attached hydrogens (tertiary/aromatic N) is 1. The van der Waals surface area contributed by atoms with Crippen LogP contribution in [0.25, 0.3) is 5.57 Å². The van der Waals surface area contributed by atoms with E-state index in [2.05, 4.69) is 11.6 Å². The summed E-state index contributed by atoms with van der Waals surface area (Å²) in [5.41, 5.74) is 1.53. The predicted molar refractivity (Wildman–Crippen MR) is 77.3 cm³/mol. The number of aromatic nitrogens is 1. The third-order valence-corrected chi connectivity index (χ3v) is 3.09. The molecule has 0 saturated carbocycles. The van der Waals surface area contributed by atoms with Gasteiger partial charge in [0.05, 0.1) is 18.5 Å². The summed E-state index contributed by atoms with van der Waals surface area (Å²) in [6.45, 7) is 10.4. The number of pyridine rings is 1. The van der Waals surface area contributed by atoms with Crippen LogP contribution in [-0.4, -0.2) is 30.6 Å². The fourth-order valence-corrected chi connectivity index (χ4v) is 2.31. The van der Waals surface area contributed by atoms with Crippen LogP contribution < -0.4 is 4.74 Å². The first kappa shape index (κ1) is 15.1. The van der Waals surface area contributed by atoms with Crippen LogP contribution in [0.5, 0.6) is 5.75 Å². The second-order valence-corrected chi connectivity index (χ2v) is 5.65. The molecule has 1 aromatic heterocycles. The van der Waals surface area contributed by atoms with Crippen LogP contribution in [0.4, 0.5) is 0 Å².